The van der Waals surface area contributed by atoms with Crippen molar-refractivity contribution in [2.75, 3.05) is 33.3 Å². The van der Waals surface area contributed by atoms with Gasteiger partial charge in [0.1, 0.15) is 5.75 Å². The molecule has 2 aromatic rings. The van der Waals surface area contributed by atoms with Crippen LogP contribution in [-0.2, 0) is 16.4 Å². The number of amides is 1. The third-order valence-corrected chi connectivity index (χ3v) is 8.62. The molecular weight excluding hydrogens is 424 g/mol. The third kappa shape index (κ3) is 5.15. The predicted octanol–water partition coefficient (Wildman–Crippen LogP) is 3.96. The van der Waals surface area contributed by atoms with Crippen LogP contribution in [-0.4, -0.2) is 56.8 Å². The van der Waals surface area contributed by atoms with E-state index in [0.29, 0.717) is 24.6 Å². The Morgan fingerprint density at radius 2 is 1.56 bits per heavy atom. The minimum atomic E-state index is -3.45. The number of hydrogen-bond acceptors (Lipinski definition) is 4. The predicted molar refractivity (Wildman–Crippen MR) is 124 cm³/mol. The largest absolute Gasteiger partial charge is 0.497 e. The highest BCUT2D eigenvalue weighted by atomic mass is 32.2. The number of benzene rings is 2. The number of ether oxygens (including phenoxy) is 1. The molecule has 0 unspecified atom stereocenters. The second-order valence-corrected chi connectivity index (χ2v) is 10.7. The molecule has 4 rings (SSSR count). The molecule has 2 aromatic carbocycles. The molecule has 0 saturated carbocycles. The summed E-state index contributed by atoms with van der Waals surface area (Å²) in [7, 11) is -1.77. The van der Waals surface area contributed by atoms with E-state index in [1.165, 1.54) is 9.87 Å². The second-order valence-electron chi connectivity index (χ2n) is 8.76. The van der Waals surface area contributed by atoms with Crippen LogP contribution in [0.25, 0.3) is 0 Å². The van der Waals surface area contributed by atoms with Gasteiger partial charge in [-0.15, -0.1) is 0 Å². The fourth-order valence-electron chi connectivity index (χ4n) is 4.62. The average Bonchev–Trinajstić information content (AvgIpc) is 3.39. The molecule has 2 fully saturated rings. The van der Waals surface area contributed by atoms with Gasteiger partial charge in [-0.1, -0.05) is 12.1 Å². The maximum atomic E-state index is 12.9. The highest BCUT2D eigenvalue weighted by molar-refractivity contribution is 7.89. The Balaban J connectivity index is 1.28. The van der Waals surface area contributed by atoms with Crippen molar-refractivity contribution in [3.05, 3.63) is 59.7 Å². The summed E-state index contributed by atoms with van der Waals surface area (Å²) >= 11 is 0. The number of likely N-dealkylation sites (tertiary alicyclic amines) is 1. The lowest BCUT2D eigenvalue weighted by Gasteiger charge is -2.32. The van der Waals surface area contributed by atoms with Crippen LogP contribution < -0.4 is 4.74 Å². The molecule has 2 saturated heterocycles. The summed E-state index contributed by atoms with van der Waals surface area (Å²) in [5.41, 5.74) is 1.87. The number of piperidine rings is 1. The molecule has 2 aliphatic heterocycles. The molecule has 2 heterocycles. The number of sulfonamides is 1. The molecule has 0 N–H and O–H groups in total. The van der Waals surface area contributed by atoms with Crippen LogP contribution in [0.3, 0.4) is 0 Å². The van der Waals surface area contributed by atoms with Crippen LogP contribution in [0.5, 0.6) is 5.75 Å². The van der Waals surface area contributed by atoms with Gasteiger partial charge < -0.3 is 9.64 Å². The molecular formula is C25H32N2O4S. The van der Waals surface area contributed by atoms with Crippen LogP contribution in [0.15, 0.2) is 53.4 Å². The number of rotatable bonds is 7. The number of carbonyl (C=O) groups is 1. The van der Waals surface area contributed by atoms with Gasteiger partial charge in [-0.3, -0.25) is 4.79 Å². The van der Waals surface area contributed by atoms with Gasteiger partial charge in [0.2, 0.25) is 10.0 Å². The summed E-state index contributed by atoms with van der Waals surface area (Å²) in [6, 6.07) is 14.7. The van der Waals surface area contributed by atoms with Crippen LogP contribution in [0.1, 0.15) is 48.0 Å². The Bertz CT molecular complexity index is 1000. The van der Waals surface area contributed by atoms with Crippen LogP contribution in [0, 0.1) is 5.92 Å². The van der Waals surface area contributed by atoms with E-state index in [-0.39, 0.29) is 10.8 Å². The monoisotopic (exact) mass is 456 g/mol. The van der Waals surface area contributed by atoms with Crippen molar-refractivity contribution in [1.82, 2.24) is 9.21 Å². The minimum absolute atomic E-state index is 0.0104. The zero-order valence-electron chi connectivity index (χ0n) is 18.7. The topological polar surface area (TPSA) is 66.9 Å². The molecule has 6 nitrogen and oxygen atoms in total. The minimum Gasteiger partial charge on any atom is -0.497 e. The molecule has 0 aromatic heterocycles. The molecule has 172 valence electrons. The number of aryl methyl sites for hydroxylation is 1. The fourth-order valence-corrected chi connectivity index (χ4v) is 6.13. The lowest BCUT2D eigenvalue weighted by atomic mass is 9.90. The summed E-state index contributed by atoms with van der Waals surface area (Å²) in [6.07, 6.45) is 5.98. The summed E-state index contributed by atoms with van der Waals surface area (Å²) < 4.78 is 32.1. The van der Waals surface area contributed by atoms with Crippen molar-refractivity contribution in [2.24, 2.45) is 5.92 Å². The van der Waals surface area contributed by atoms with Gasteiger partial charge in [-0.05, 0) is 86.4 Å². The standard InChI is InChI=1S/C25H32N2O4S/c1-31-23-10-6-20(7-11-23)4-5-21-14-18-26(19-15-21)25(28)22-8-12-24(13-9-22)32(29,30)27-16-2-3-17-27/h6-13,21H,2-5,14-19H2,1H3. The lowest BCUT2D eigenvalue weighted by molar-refractivity contribution is 0.0687. The molecule has 0 aliphatic carbocycles. The normalized spacial score (nSPS) is 18.1. The van der Waals surface area contributed by atoms with Gasteiger partial charge in [0.25, 0.3) is 5.91 Å². The van der Waals surface area contributed by atoms with Crippen molar-refractivity contribution in [1.29, 1.82) is 0 Å². The first-order valence-corrected chi connectivity index (χ1v) is 12.9. The molecule has 0 bridgehead atoms. The van der Waals surface area contributed by atoms with Crippen LogP contribution >= 0.6 is 0 Å². The molecule has 2 aliphatic rings. The zero-order valence-corrected chi connectivity index (χ0v) is 19.5. The van der Waals surface area contributed by atoms with Gasteiger partial charge in [0.15, 0.2) is 0 Å². The Morgan fingerprint density at radius 1 is 0.938 bits per heavy atom. The first-order valence-electron chi connectivity index (χ1n) is 11.5. The van der Waals surface area contributed by atoms with E-state index in [2.05, 4.69) is 12.1 Å². The summed E-state index contributed by atoms with van der Waals surface area (Å²) in [4.78, 5) is 15.1. The maximum absolute atomic E-state index is 12.9. The molecule has 7 heteroatoms. The number of methoxy groups -OCH3 is 1. The second kappa shape index (κ2) is 10.0. The van der Waals surface area contributed by atoms with Crippen molar-refractivity contribution in [2.45, 2.75) is 43.4 Å². The van der Waals surface area contributed by atoms with E-state index in [1.54, 1.807) is 31.4 Å². The van der Waals surface area contributed by atoms with E-state index in [4.69, 9.17) is 4.74 Å². The van der Waals surface area contributed by atoms with Gasteiger partial charge in [0.05, 0.1) is 12.0 Å². The Morgan fingerprint density at radius 3 is 2.16 bits per heavy atom. The van der Waals surface area contributed by atoms with Crippen LogP contribution in [0.2, 0.25) is 0 Å². The zero-order chi connectivity index (χ0) is 22.6. The first-order chi connectivity index (χ1) is 15.5. The highest BCUT2D eigenvalue weighted by Crippen LogP contribution is 2.25. The Labute approximate surface area is 191 Å². The van der Waals surface area contributed by atoms with Crippen molar-refractivity contribution in [3.63, 3.8) is 0 Å². The van der Waals surface area contributed by atoms with Gasteiger partial charge in [0, 0.05) is 31.7 Å². The Hall–Kier alpha value is -2.38. The number of hydrogen-bond donors (Lipinski definition) is 0. The fraction of sp³-hybridized carbons (Fsp3) is 0.480. The quantitative estimate of drug-likeness (QED) is 0.632. The molecule has 0 spiro atoms. The maximum Gasteiger partial charge on any atom is 0.253 e. The number of carbonyl (C=O) groups excluding carboxylic acids is 1. The van der Waals surface area contributed by atoms with Crippen LogP contribution in [0.4, 0.5) is 0 Å². The molecule has 1 amide bonds. The highest BCUT2D eigenvalue weighted by Gasteiger charge is 2.28. The van der Waals surface area contributed by atoms with Crippen molar-refractivity contribution >= 4 is 15.9 Å². The van der Waals surface area contributed by atoms with E-state index in [0.717, 1.165) is 57.4 Å². The van der Waals surface area contributed by atoms with Gasteiger partial charge in [-0.2, -0.15) is 4.31 Å². The third-order valence-electron chi connectivity index (χ3n) is 6.71. The Kier molecular flexibility index (Phi) is 7.16. The summed E-state index contributed by atoms with van der Waals surface area (Å²) in [5.74, 6) is 1.49. The van der Waals surface area contributed by atoms with Crippen molar-refractivity contribution in [3.8, 4) is 5.75 Å². The van der Waals surface area contributed by atoms with E-state index in [9.17, 15) is 13.2 Å². The smallest absolute Gasteiger partial charge is 0.253 e. The average molecular weight is 457 g/mol. The van der Waals surface area contributed by atoms with Gasteiger partial charge >= 0.3 is 0 Å². The van der Waals surface area contributed by atoms with E-state index in [1.807, 2.05) is 17.0 Å². The number of nitrogens with zero attached hydrogens (tertiary/aromatic N) is 2. The molecule has 0 radical (unpaired) electrons. The molecule has 32 heavy (non-hydrogen) atoms. The van der Waals surface area contributed by atoms with Gasteiger partial charge in [-0.25, -0.2) is 8.42 Å². The van der Waals surface area contributed by atoms with Crippen molar-refractivity contribution < 1.29 is 17.9 Å². The molecule has 0 atom stereocenters. The lowest BCUT2D eigenvalue weighted by Crippen LogP contribution is -2.38. The summed E-state index contributed by atoms with van der Waals surface area (Å²) in [6.45, 7) is 2.66. The van der Waals surface area contributed by atoms with E-state index < -0.39 is 10.0 Å². The first kappa shape index (κ1) is 22.8. The van der Waals surface area contributed by atoms with E-state index >= 15 is 0 Å². The SMILES string of the molecule is COc1ccc(CCC2CCN(C(=O)c3ccc(S(=O)(=O)N4CCCC4)cc3)CC2)cc1. The summed E-state index contributed by atoms with van der Waals surface area (Å²) in [5, 5.41) is 0.